The summed E-state index contributed by atoms with van der Waals surface area (Å²) < 4.78 is 5.21. The van der Waals surface area contributed by atoms with E-state index in [-0.39, 0.29) is 11.8 Å². The Labute approximate surface area is 159 Å². The van der Waals surface area contributed by atoms with Gasteiger partial charge in [0.15, 0.2) is 0 Å². The number of hydrogen-bond acceptors (Lipinski definition) is 4. The molecule has 7 nitrogen and oxygen atoms in total. The van der Waals surface area contributed by atoms with Crippen LogP contribution in [0.1, 0.15) is 67.4 Å². The van der Waals surface area contributed by atoms with Crippen molar-refractivity contribution < 1.29 is 14.0 Å². The van der Waals surface area contributed by atoms with E-state index < -0.39 is 0 Å². The maximum atomic E-state index is 12.3. The number of piperidine rings is 1. The largest absolute Gasteiger partial charge is 0.467 e. The smallest absolute Gasteiger partial charge is 0.272 e. The lowest BCUT2D eigenvalue weighted by Gasteiger charge is -2.32. The summed E-state index contributed by atoms with van der Waals surface area (Å²) in [5.41, 5.74) is 1.35. The Bertz CT molecular complexity index is 745. The summed E-state index contributed by atoms with van der Waals surface area (Å²) in [4.78, 5) is 26.5. The van der Waals surface area contributed by atoms with Crippen LogP contribution in [0.2, 0.25) is 0 Å². The molecule has 1 fully saturated rings. The van der Waals surface area contributed by atoms with Crippen molar-refractivity contribution >= 4 is 11.8 Å². The fourth-order valence-electron chi connectivity index (χ4n) is 3.34. The zero-order chi connectivity index (χ0) is 19.2. The lowest BCUT2D eigenvalue weighted by atomic mass is 9.92. The van der Waals surface area contributed by atoms with Crippen molar-refractivity contribution in [3.8, 4) is 0 Å². The zero-order valence-electron chi connectivity index (χ0n) is 16.0. The first-order valence-electron chi connectivity index (χ1n) is 9.70. The molecule has 146 valence electrons. The summed E-state index contributed by atoms with van der Waals surface area (Å²) in [5, 5.41) is 9.94. The van der Waals surface area contributed by atoms with Crippen LogP contribution in [0.5, 0.6) is 0 Å². The number of aromatic amines is 1. The minimum absolute atomic E-state index is 0.227. The van der Waals surface area contributed by atoms with E-state index in [4.69, 9.17) is 4.42 Å². The van der Waals surface area contributed by atoms with Crippen molar-refractivity contribution in [3.05, 3.63) is 41.6 Å². The van der Waals surface area contributed by atoms with Crippen LogP contribution < -0.4 is 5.32 Å². The summed E-state index contributed by atoms with van der Waals surface area (Å²) in [7, 11) is 0. The number of nitrogens with one attached hydrogen (secondary N) is 2. The molecule has 0 aromatic carbocycles. The predicted molar refractivity (Wildman–Crippen MR) is 101 cm³/mol. The number of furan rings is 1. The quantitative estimate of drug-likeness (QED) is 0.781. The third-order valence-electron chi connectivity index (χ3n) is 5.34. The van der Waals surface area contributed by atoms with Gasteiger partial charge in [-0.1, -0.05) is 20.3 Å². The predicted octanol–water partition coefficient (Wildman–Crippen LogP) is 3.07. The lowest BCUT2D eigenvalue weighted by Crippen LogP contribution is -2.38. The molecule has 3 rings (SSSR count). The fraction of sp³-hybridized carbons (Fsp3) is 0.550. The molecular weight excluding hydrogens is 344 g/mol. The van der Waals surface area contributed by atoms with Gasteiger partial charge < -0.3 is 14.6 Å². The Hall–Kier alpha value is -2.57. The first kappa shape index (κ1) is 19.2. The molecule has 3 heterocycles. The molecule has 2 N–H and O–H groups in total. The normalized spacial score (nSPS) is 16.3. The summed E-state index contributed by atoms with van der Waals surface area (Å²) in [6.07, 6.45) is 5.02. The highest BCUT2D eigenvalue weighted by Gasteiger charge is 2.26. The van der Waals surface area contributed by atoms with Gasteiger partial charge >= 0.3 is 0 Å². The molecule has 1 atom stereocenters. The minimum Gasteiger partial charge on any atom is -0.467 e. The van der Waals surface area contributed by atoms with Gasteiger partial charge in [0.25, 0.3) is 5.91 Å². The molecule has 27 heavy (non-hydrogen) atoms. The average molecular weight is 372 g/mol. The number of hydrogen-bond donors (Lipinski definition) is 2. The van der Waals surface area contributed by atoms with Crippen LogP contribution in [-0.4, -0.2) is 40.0 Å². The number of rotatable bonds is 7. The van der Waals surface area contributed by atoms with E-state index in [0.717, 1.165) is 38.0 Å². The fourth-order valence-corrected chi connectivity index (χ4v) is 3.34. The van der Waals surface area contributed by atoms with Crippen molar-refractivity contribution in [2.45, 2.75) is 52.0 Å². The van der Waals surface area contributed by atoms with Crippen LogP contribution in [-0.2, 0) is 11.3 Å². The van der Waals surface area contributed by atoms with Crippen LogP contribution in [0, 0.1) is 5.92 Å². The minimum atomic E-state index is -0.227. The van der Waals surface area contributed by atoms with Crippen LogP contribution >= 0.6 is 0 Å². The Morgan fingerprint density at radius 2 is 2.19 bits per heavy atom. The Balaban J connectivity index is 1.49. The molecule has 2 aromatic heterocycles. The first-order chi connectivity index (χ1) is 13.1. The second kappa shape index (κ2) is 8.88. The van der Waals surface area contributed by atoms with E-state index in [0.29, 0.717) is 36.3 Å². The Morgan fingerprint density at radius 3 is 2.85 bits per heavy atom. The van der Waals surface area contributed by atoms with Gasteiger partial charge in [-0.05, 0) is 37.0 Å². The number of likely N-dealkylation sites (tertiary alicyclic amines) is 1. The van der Waals surface area contributed by atoms with Crippen LogP contribution in [0.25, 0.3) is 0 Å². The van der Waals surface area contributed by atoms with Gasteiger partial charge in [0.2, 0.25) is 5.91 Å². The molecule has 1 aliphatic rings. The molecular formula is C20H28N4O3. The second-order valence-corrected chi connectivity index (χ2v) is 7.34. The monoisotopic (exact) mass is 372 g/mol. The molecule has 0 radical (unpaired) electrons. The molecule has 1 aliphatic heterocycles. The highest BCUT2D eigenvalue weighted by atomic mass is 16.3. The van der Waals surface area contributed by atoms with Crippen molar-refractivity contribution in [3.63, 3.8) is 0 Å². The number of carbonyl (C=O) groups excluding carboxylic acids is 2. The Morgan fingerprint density at radius 1 is 1.41 bits per heavy atom. The van der Waals surface area contributed by atoms with E-state index in [1.807, 2.05) is 17.0 Å². The van der Waals surface area contributed by atoms with Gasteiger partial charge in [0.1, 0.15) is 11.5 Å². The third kappa shape index (κ3) is 4.99. The molecule has 0 bridgehead atoms. The van der Waals surface area contributed by atoms with E-state index in [9.17, 15) is 9.59 Å². The van der Waals surface area contributed by atoms with Gasteiger partial charge in [-0.2, -0.15) is 5.10 Å². The standard InChI is InChI=1S/C20H28N4O3/c1-3-14(2)11-19(25)24-8-6-15(7-9-24)17-12-18(23-22-17)20(26)21-13-16-5-4-10-27-16/h4-5,10,12,14-15H,3,6-9,11,13H2,1-2H3,(H,21,26)(H,22,23). The van der Waals surface area contributed by atoms with Crippen LogP contribution in [0.15, 0.2) is 28.9 Å². The zero-order valence-corrected chi connectivity index (χ0v) is 16.0. The van der Waals surface area contributed by atoms with Crippen molar-refractivity contribution in [2.75, 3.05) is 13.1 Å². The van der Waals surface area contributed by atoms with E-state index in [2.05, 4.69) is 29.4 Å². The van der Waals surface area contributed by atoms with Gasteiger partial charge in [0, 0.05) is 31.1 Å². The van der Waals surface area contributed by atoms with E-state index >= 15 is 0 Å². The molecule has 0 saturated carbocycles. The SMILES string of the molecule is CCC(C)CC(=O)N1CCC(c2cc(C(=O)NCc3ccco3)n[nH]2)CC1. The van der Waals surface area contributed by atoms with Crippen LogP contribution in [0.4, 0.5) is 0 Å². The number of H-pyrrole nitrogens is 1. The number of nitrogens with zero attached hydrogens (tertiary/aromatic N) is 2. The number of aromatic nitrogens is 2. The molecule has 2 amide bonds. The highest BCUT2D eigenvalue weighted by Crippen LogP contribution is 2.27. The molecule has 2 aromatic rings. The molecule has 1 unspecified atom stereocenters. The summed E-state index contributed by atoms with van der Waals surface area (Å²) in [6.45, 7) is 6.10. The molecule has 0 spiro atoms. The number of amides is 2. The van der Waals surface area contributed by atoms with Crippen molar-refractivity contribution in [1.82, 2.24) is 20.4 Å². The highest BCUT2D eigenvalue weighted by molar-refractivity contribution is 5.92. The average Bonchev–Trinajstić information content (AvgIpc) is 3.38. The molecule has 0 aliphatic carbocycles. The molecule has 7 heteroatoms. The maximum Gasteiger partial charge on any atom is 0.272 e. The van der Waals surface area contributed by atoms with Gasteiger partial charge in [-0.25, -0.2) is 0 Å². The second-order valence-electron chi connectivity index (χ2n) is 7.34. The number of carbonyl (C=O) groups is 2. The lowest BCUT2D eigenvalue weighted by molar-refractivity contribution is -0.133. The van der Waals surface area contributed by atoms with E-state index in [1.54, 1.807) is 12.3 Å². The van der Waals surface area contributed by atoms with Crippen molar-refractivity contribution in [1.29, 1.82) is 0 Å². The molecule has 1 saturated heterocycles. The first-order valence-corrected chi connectivity index (χ1v) is 9.70. The van der Waals surface area contributed by atoms with Gasteiger partial charge in [0.05, 0.1) is 12.8 Å². The summed E-state index contributed by atoms with van der Waals surface area (Å²) in [5.74, 6) is 1.47. The van der Waals surface area contributed by atoms with Crippen molar-refractivity contribution in [2.24, 2.45) is 5.92 Å². The maximum absolute atomic E-state index is 12.3. The summed E-state index contributed by atoms with van der Waals surface area (Å²) in [6, 6.07) is 5.42. The summed E-state index contributed by atoms with van der Waals surface area (Å²) >= 11 is 0. The van der Waals surface area contributed by atoms with Gasteiger partial charge in [-0.3, -0.25) is 14.7 Å². The van der Waals surface area contributed by atoms with Crippen LogP contribution in [0.3, 0.4) is 0 Å². The van der Waals surface area contributed by atoms with Gasteiger partial charge in [-0.15, -0.1) is 0 Å². The topological polar surface area (TPSA) is 91.2 Å². The van der Waals surface area contributed by atoms with E-state index in [1.165, 1.54) is 0 Å². The third-order valence-corrected chi connectivity index (χ3v) is 5.34. The Kier molecular flexibility index (Phi) is 6.32.